The molecular weight excluding hydrogens is 164 g/mol. The standard InChI is InChI=1S/C9H18N4/c1-3-4-5-6-10-8(2)9-11-7-12-13-9/h7-8,10H,3-6H2,1-2H3,(H,11,12,13). The Hall–Kier alpha value is -0.900. The first-order valence-electron chi connectivity index (χ1n) is 4.93. The quantitative estimate of drug-likeness (QED) is 0.658. The Balaban J connectivity index is 2.15. The smallest absolute Gasteiger partial charge is 0.141 e. The summed E-state index contributed by atoms with van der Waals surface area (Å²) in [7, 11) is 0. The fraction of sp³-hybridized carbons (Fsp3) is 0.778. The minimum absolute atomic E-state index is 0.277. The number of aromatic nitrogens is 3. The molecule has 0 spiro atoms. The van der Waals surface area contributed by atoms with Crippen LogP contribution in [0.5, 0.6) is 0 Å². The number of unbranched alkanes of at least 4 members (excludes halogenated alkanes) is 2. The molecule has 1 aromatic heterocycles. The van der Waals surface area contributed by atoms with Crippen molar-refractivity contribution in [3.05, 3.63) is 12.2 Å². The van der Waals surface area contributed by atoms with Crippen molar-refractivity contribution in [2.24, 2.45) is 0 Å². The summed E-state index contributed by atoms with van der Waals surface area (Å²) >= 11 is 0. The molecule has 0 aliphatic rings. The van der Waals surface area contributed by atoms with Crippen LogP contribution in [-0.4, -0.2) is 21.7 Å². The molecule has 2 N–H and O–H groups in total. The van der Waals surface area contributed by atoms with Crippen LogP contribution in [0.4, 0.5) is 0 Å². The molecule has 4 nitrogen and oxygen atoms in total. The first-order valence-corrected chi connectivity index (χ1v) is 4.93. The molecule has 0 bridgehead atoms. The Bertz CT molecular complexity index is 207. The van der Waals surface area contributed by atoms with E-state index in [1.807, 2.05) is 0 Å². The van der Waals surface area contributed by atoms with Gasteiger partial charge in [-0.15, -0.1) is 0 Å². The van der Waals surface area contributed by atoms with Gasteiger partial charge in [-0.25, -0.2) is 4.98 Å². The fourth-order valence-electron chi connectivity index (χ4n) is 1.21. The van der Waals surface area contributed by atoms with Crippen LogP contribution in [0.2, 0.25) is 0 Å². The number of rotatable bonds is 6. The molecule has 1 atom stereocenters. The second kappa shape index (κ2) is 5.70. The van der Waals surface area contributed by atoms with Gasteiger partial charge < -0.3 is 5.32 Å². The van der Waals surface area contributed by atoms with E-state index in [2.05, 4.69) is 34.3 Å². The first-order chi connectivity index (χ1) is 6.34. The Labute approximate surface area is 79.2 Å². The van der Waals surface area contributed by atoms with Gasteiger partial charge in [0.1, 0.15) is 12.2 Å². The molecule has 0 aromatic carbocycles. The van der Waals surface area contributed by atoms with Crippen molar-refractivity contribution in [2.75, 3.05) is 6.54 Å². The highest BCUT2D eigenvalue weighted by Crippen LogP contribution is 2.04. The summed E-state index contributed by atoms with van der Waals surface area (Å²) in [4.78, 5) is 4.09. The van der Waals surface area contributed by atoms with Crippen molar-refractivity contribution in [3.63, 3.8) is 0 Å². The SMILES string of the molecule is CCCCCNC(C)c1ncn[nH]1. The van der Waals surface area contributed by atoms with Crippen molar-refractivity contribution in [1.29, 1.82) is 0 Å². The molecule has 1 heterocycles. The van der Waals surface area contributed by atoms with Gasteiger partial charge >= 0.3 is 0 Å². The van der Waals surface area contributed by atoms with E-state index < -0.39 is 0 Å². The van der Waals surface area contributed by atoms with E-state index in [4.69, 9.17) is 0 Å². The van der Waals surface area contributed by atoms with Gasteiger partial charge in [-0.2, -0.15) is 5.10 Å². The van der Waals surface area contributed by atoms with E-state index >= 15 is 0 Å². The van der Waals surface area contributed by atoms with E-state index in [0.29, 0.717) is 0 Å². The number of nitrogens with zero attached hydrogens (tertiary/aromatic N) is 2. The highest BCUT2D eigenvalue weighted by Gasteiger charge is 2.05. The lowest BCUT2D eigenvalue weighted by Crippen LogP contribution is -2.20. The Morgan fingerprint density at radius 1 is 1.54 bits per heavy atom. The minimum Gasteiger partial charge on any atom is -0.308 e. The van der Waals surface area contributed by atoms with Gasteiger partial charge in [0.05, 0.1) is 6.04 Å². The van der Waals surface area contributed by atoms with Crippen LogP contribution in [0, 0.1) is 0 Å². The molecule has 0 fully saturated rings. The van der Waals surface area contributed by atoms with E-state index in [0.717, 1.165) is 12.4 Å². The van der Waals surface area contributed by atoms with Crippen LogP contribution in [-0.2, 0) is 0 Å². The number of hydrogen-bond donors (Lipinski definition) is 2. The lowest BCUT2D eigenvalue weighted by Gasteiger charge is -2.09. The summed E-state index contributed by atoms with van der Waals surface area (Å²) in [5.41, 5.74) is 0. The molecule has 13 heavy (non-hydrogen) atoms. The molecule has 4 heteroatoms. The van der Waals surface area contributed by atoms with Crippen LogP contribution >= 0.6 is 0 Å². The summed E-state index contributed by atoms with van der Waals surface area (Å²) < 4.78 is 0. The van der Waals surface area contributed by atoms with E-state index in [-0.39, 0.29) is 6.04 Å². The van der Waals surface area contributed by atoms with E-state index in [1.165, 1.54) is 19.3 Å². The van der Waals surface area contributed by atoms with Crippen molar-refractivity contribution < 1.29 is 0 Å². The molecule has 0 saturated carbocycles. The maximum Gasteiger partial charge on any atom is 0.141 e. The minimum atomic E-state index is 0.277. The van der Waals surface area contributed by atoms with E-state index in [9.17, 15) is 0 Å². The molecule has 1 unspecified atom stereocenters. The van der Waals surface area contributed by atoms with Crippen LogP contribution in [0.3, 0.4) is 0 Å². The van der Waals surface area contributed by atoms with Gasteiger partial charge in [0.25, 0.3) is 0 Å². The van der Waals surface area contributed by atoms with Crippen LogP contribution < -0.4 is 5.32 Å². The maximum atomic E-state index is 4.09. The van der Waals surface area contributed by atoms with Crippen molar-refractivity contribution >= 4 is 0 Å². The van der Waals surface area contributed by atoms with Crippen LogP contribution in [0.15, 0.2) is 6.33 Å². The Morgan fingerprint density at radius 3 is 3.00 bits per heavy atom. The highest BCUT2D eigenvalue weighted by molar-refractivity contribution is 4.88. The molecule has 0 amide bonds. The second-order valence-corrected chi connectivity index (χ2v) is 3.25. The Morgan fingerprint density at radius 2 is 2.38 bits per heavy atom. The fourth-order valence-corrected chi connectivity index (χ4v) is 1.21. The van der Waals surface area contributed by atoms with Crippen molar-refractivity contribution in [3.8, 4) is 0 Å². The third kappa shape index (κ3) is 3.55. The van der Waals surface area contributed by atoms with Crippen molar-refractivity contribution in [2.45, 2.75) is 39.2 Å². The number of hydrogen-bond acceptors (Lipinski definition) is 3. The lowest BCUT2D eigenvalue weighted by atomic mass is 10.2. The summed E-state index contributed by atoms with van der Waals surface area (Å²) in [6.45, 7) is 5.35. The van der Waals surface area contributed by atoms with Gasteiger partial charge in [-0.3, -0.25) is 5.10 Å². The number of aromatic amines is 1. The molecule has 1 aromatic rings. The highest BCUT2D eigenvalue weighted by atomic mass is 15.2. The summed E-state index contributed by atoms with van der Waals surface area (Å²) in [5, 5.41) is 10.1. The summed E-state index contributed by atoms with van der Waals surface area (Å²) in [5.74, 6) is 0.913. The molecule has 0 aliphatic heterocycles. The molecule has 0 saturated heterocycles. The van der Waals surface area contributed by atoms with Gasteiger partial charge in [-0.05, 0) is 19.9 Å². The zero-order chi connectivity index (χ0) is 9.52. The topological polar surface area (TPSA) is 53.6 Å². The Kier molecular flexibility index (Phi) is 4.46. The predicted molar refractivity (Wildman–Crippen MR) is 52.3 cm³/mol. The third-order valence-electron chi connectivity index (χ3n) is 2.07. The molecule has 1 rings (SSSR count). The lowest BCUT2D eigenvalue weighted by molar-refractivity contribution is 0.525. The molecule has 74 valence electrons. The normalized spacial score (nSPS) is 13.1. The zero-order valence-corrected chi connectivity index (χ0v) is 8.38. The average Bonchev–Trinajstić information content (AvgIpc) is 2.65. The first kappa shape index (κ1) is 10.2. The summed E-state index contributed by atoms with van der Waals surface area (Å²) in [6.07, 6.45) is 5.32. The van der Waals surface area contributed by atoms with Crippen molar-refractivity contribution in [1.82, 2.24) is 20.5 Å². The maximum absolute atomic E-state index is 4.09. The number of H-pyrrole nitrogens is 1. The summed E-state index contributed by atoms with van der Waals surface area (Å²) in [6, 6.07) is 0.277. The predicted octanol–water partition coefficient (Wildman–Crippen LogP) is 1.65. The number of nitrogens with one attached hydrogen (secondary N) is 2. The second-order valence-electron chi connectivity index (χ2n) is 3.25. The molecule has 0 aliphatic carbocycles. The van der Waals surface area contributed by atoms with Gasteiger partial charge in [-0.1, -0.05) is 19.8 Å². The van der Waals surface area contributed by atoms with Gasteiger partial charge in [0.15, 0.2) is 0 Å². The van der Waals surface area contributed by atoms with Crippen LogP contribution in [0.1, 0.15) is 45.0 Å². The average molecular weight is 182 g/mol. The third-order valence-corrected chi connectivity index (χ3v) is 2.07. The molecule has 0 radical (unpaired) electrons. The zero-order valence-electron chi connectivity index (χ0n) is 8.38. The monoisotopic (exact) mass is 182 g/mol. The van der Waals surface area contributed by atoms with E-state index in [1.54, 1.807) is 6.33 Å². The van der Waals surface area contributed by atoms with Gasteiger partial charge in [0.2, 0.25) is 0 Å². The largest absolute Gasteiger partial charge is 0.308 e. The molecular formula is C9H18N4. The van der Waals surface area contributed by atoms with Crippen LogP contribution in [0.25, 0.3) is 0 Å². The van der Waals surface area contributed by atoms with Gasteiger partial charge in [0, 0.05) is 0 Å².